The summed E-state index contributed by atoms with van der Waals surface area (Å²) in [7, 11) is -3.27. The van der Waals surface area contributed by atoms with Crippen LogP contribution in [0, 0.1) is 0 Å². The summed E-state index contributed by atoms with van der Waals surface area (Å²) < 4.78 is 25.0. The number of nitrogens with zero attached hydrogens (tertiary/aromatic N) is 3. The van der Waals surface area contributed by atoms with Gasteiger partial charge >= 0.3 is 0 Å². The summed E-state index contributed by atoms with van der Waals surface area (Å²) >= 11 is 11.1. The SMILES string of the molecule is CCNS(=O)(=O)CCNc1nc(Cl)nc(Cl)n1. The van der Waals surface area contributed by atoms with Crippen molar-refractivity contribution in [2.45, 2.75) is 6.92 Å². The first-order chi connectivity index (χ1) is 7.93. The highest BCUT2D eigenvalue weighted by Crippen LogP contribution is 2.09. The summed E-state index contributed by atoms with van der Waals surface area (Å²) in [5.41, 5.74) is 0. The average Bonchev–Trinajstić information content (AvgIpc) is 2.15. The molecular formula is C7H11Cl2N5O2S. The first kappa shape index (κ1) is 14.4. The Balaban J connectivity index is 2.51. The number of anilines is 1. The molecule has 0 fully saturated rings. The highest BCUT2D eigenvalue weighted by Gasteiger charge is 2.08. The summed E-state index contributed by atoms with van der Waals surface area (Å²) in [6.07, 6.45) is 0. The van der Waals surface area contributed by atoms with Gasteiger partial charge in [-0.2, -0.15) is 15.0 Å². The van der Waals surface area contributed by atoms with Crippen molar-refractivity contribution in [2.75, 3.05) is 24.2 Å². The first-order valence-electron chi connectivity index (χ1n) is 4.71. The molecule has 0 spiro atoms. The van der Waals surface area contributed by atoms with Gasteiger partial charge in [0.1, 0.15) is 0 Å². The van der Waals surface area contributed by atoms with Gasteiger partial charge in [-0.15, -0.1) is 0 Å². The largest absolute Gasteiger partial charge is 0.353 e. The van der Waals surface area contributed by atoms with Crippen molar-refractivity contribution in [3.8, 4) is 0 Å². The van der Waals surface area contributed by atoms with E-state index in [9.17, 15) is 8.42 Å². The van der Waals surface area contributed by atoms with Crippen molar-refractivity contribution in [3.63, 3.8) is 0 Å². The van der Waals surface area contributed by atoms with E-state index in [1.165, 1.54) is 0 Å². The summed E-state index contributed by atoms with van der Waals surface area (Å²) in [5, 5.41) is 2.58. The van der Waals surface area contributed by atoms with Gasteiger partial charge in [-0.3, -0.25) is 0 Å². The minimum Gasteiger partial charge on any atom is -0.353 e. The molecule has 0 aliphatic heterocycles. The van der Waals surface area contributed by atoms with Crippen molar-refractivity contribution < 1.29 is 8.42 Å². The van der Waals surface area contributed by atoms with E-state index in [1.54, 1.807) is 6.92 Å². The molecule has 0 amide bonds. The monoisotopic (exact) mass is 299 g/mol. The maximum absolute atomic E-state index is 11.3. The lowest BCUT2D eigenvalue weighted by Gasteiger charge is -2.06. The van der Waals surface area contributed by atoms with Gasteiger partial charge in [0.15, 0.2) is 0 Å². The van der Waals surface area contributed by atoms with Gasteiger partial charge in [0.05, 0.1) is 5.75 Å². The Kier molecular flexibility index (Phi) is 5.31. The number of halogens is 2. The molecule has 7 nitrogen and oxygen atoms in total. The molecule has 0 radical (unpaired) electrons. The second-order valence-electron chi connectivity index (χ2n) is 2.94. The molecule has 1 rings (SSSR count). The van der Waals surface area contributed by atoms with E-state index in [0.717, 1.165) is 0 Å². The standard InChI is InChI=1S/C7H11Cl2N5O2S/c1-2-11-17(15,16)4-3-10-7-13-5(8)12-6(9)14-7/h11H,2-4H2,1H3,(H,10,12,13,14). The van der Waals surface area contributed by atoms with Crippen LogP contribution in [0.15, 0.2) is 0 Å². The van der Waals surface area contributed by atoms with Gasteiger partial charge in [-0.25, -0.2) is 13.1 Å². The number of nitrogens with one attached hydrogen (secondary N) is 2. The summed E-state index contributed by atoms with van der Waals surface area (Å²) in [6.45, 7) is 2.20. The van der Waals surface area contributed by atoms with Crippen LogP contribution in [0.3, 0.4) is 0 Å². The maximum atomic E-state index is 11.3. The molecular weight excluding hydrogens is 289 g/mol. The Morgan fingerprint density at radius 1 is 1.18 bits per heavy atom. The van der Waals surface area contributed by atoms with Crippen LogP contribution in [0.25, 0.3) is 0 Å². The topological polar surface area (TPSA) is 96.9 Å². The normalized spacial score (nSPS) is 11.5. The molecule has 0 bridgehead atoms. The molecule has 10 heteroatoms. The Hall–Kier alpha value is -0.700. The van der Waals surface area contributed by atoms with Gasteiger partial charge in [0, 0.05) is 13.1 Å². The molecule has 0 saturated carbocycles. The van der Waals surface area contributed by atoms with Crippen molar-refractivity contribution in [3.05, 3.63) is 10.6 Å². The third-order valence-electron chi connectivity index (χ3n) is 1.60. The number of aromatic nitrogens is 3. The van der Waals surface area contributed by atoms with E-state index < -0.39 is 10.0 Å². The summed E-state index contributed by atoms with van der Waals surface area (Å²) in [5.74, 6) is 0.0450. The molecule has 0 saturated heterocycles. The van der Waals surface area contributed by atoms with Crippen molar-refractivity contribution in [2.24, 2.45) is 0 Å². The molecule has 0 aliphatic rings. The second kappa shape index (κ2) is 6.29. The van der Waals surface area contributed by atoms with Gasteiger partial charge in [-0.1, -0.05) is 6.92 Å². The summed E-state index contributed by atoms with van der Waals surface area (Å²) in [4.78, 5) is 11.0. The summed E-state index contributed by atoms with van der Waals surface area (Å²) in [6, 6.07) is 0. The fraction of sp³-hybridized carbons (Fsp3) is 0.571. The second-order valence-corrected chi connectivity index (χ2v) is 5.54. The molecule has 2 N–H and O–H groups in total. The quantitative estimate of drug-likeness (QED) is 0.795. The van der Waals surface area contributed by atoms with Crippen molar-refractivity contribution in [1.29, 1.82) is 0 Å². The van der Waals surface area contributed by atoms with Crippen LogP contribution >= 0.6 is 23.2 Å². The van der Waals surface area contributed by atoms with Crippen LogP contribution in [-0.4, -0.2) is 42.2 Å². The number of hydrogen-bond acceptors (Lipinski definition) is 6. The Bertz CT molecular complexity index is 461. The number of hydrogen-bond donors (Lipinski definition) is 2. The number of rotatable bonds is 6. The Morgan fingerprint density at radius 3 is 2.29 bits per heavy atom. The Labute approximate surface area is 109 Å². The zero-order valence-corrected chi connectivity index (χ0v) is 11.3. The maximum Gasteiger partial charge on any atom is 0.228 e. The smallest absolute Gasteiger partial charge is 0.228 e. The van der Waals surface area contributed by atoms with E-state index in [4.69, 9.17) is 23.2 Å². The van der Waals surface area contributed by atoms with Crippen LogP contribution < -0.4 is 10.0 Å². The lowest BCUT2D eigenvalue weighted by atomic mass is 10.7. The molecule has 0 atom stereocenters. The molecule has 0 unspecified atom stereocenters. The first-order valence-corrected chi connectivity index (χ1v) is 7.12. The number of sulfonamides is 1. The Morgan fingerprint density at radius 2 is 1.76 bits per heavy atom. The van der Waals surface area contributed by atoms with Crippen LogP contribution in [0.4, 0.5) is 5.95 Å². The highest BCUT2D eigenvalue weighted by molar-refractivity contribution is 7.89. The lowest BCUT2D eigenvalue weighted by Crippen LogP contribution is -2.29. The van der Waals surface area contributed by atoms with E-state index in [-0.39, 0.29) is 28.8 Å². The van der Waals surface area contributed by atoms with Crippen LogP contribution in [-0.2, 0) is 10.0 Å². The third-order valence-corrected chi connectivity index (χ3v) is 3.41. The van der Waals surface area contributed by atoms with Crippen LogP contribution in [0.2, 0.25) is 10.6 Å². The van der Waals surface area contributed by atoms with Gasteiger partial charge < -0.3 is 5.32 Å². The average molecular weight is 300 g/mol. The predicted molar refractivity (Wildman–Crippen MR) is 65.8 cm³/mol. The van der Waals surface area contributed by atoms with Gasteiger partial charge in [0.25, 0.3) is 0 Å². The van der Waals surface area contributed by atoms with Gasteiger partial charge in [-0.05, 0) is 23.2 Å². The van der Waals surface area contributed by atoms with Gasteiger partial charge in [0.2, 0.25) is 26.5 Å². The fourth-order valence-corrected chi connectivity index (χ4v) is 2.31. The van der Waals surface area contributed by atoms with E-state index in [0.29, 0.717) is 6.54 Å². The zero-order chi connectivity index (χ0) is 12.9. The molecule has 0 aliphatic carbocycles. The molecule has 0 aromatic carbocycles. The molecule has 96 valence electrons. The van der Waals surface area contributed by atoms with E-state index in [1.807, 2.05) is 0 Å². The molecule has 17 heavy (non-hydrogen) atoms. The lowest BCUT2D eigenvalue weighted by molar-refractivity contribution is 0.584. The van der Waals surface area contributed by atoms with Crippen LogP contribution in [0.5, 0.6) is 0 Å². The predicted octanol–water partition coefficient (Wildman–Crippen LogP) is 0.530. The van der Waals surface area contributed by atoms with E-state index in [2.05, 4.69) is 25.0 Å². The van der Waals surface area contributed by atoms with Crippen LogP contribution in [0.1, 0.15) is 6.92 Å². The minimum atomic E-state index is -3.27. The fourth-order valence-electron chi connectivity index (χ4n) is 0.994. The molecule has 1 heterocycles. The third kappa shape index (κ3) is 5.44. The highest BCUT2D eigenvalue weighted by atomic mass is 35.5. The minimum absolute atomic E-state index is 0.0537. The molecule has 1 aromatic rings. The zero-order valence-electron chi connectivity index (χ0n) is 8.94. The van der Waals surface area contributed by atoms with Crippen molar-refractivity contribution >= 4 is 39.2 Å². The van der Waals surface area contributed by atoms with E-state index >= 15 is 0 Å². The van der Waals surface area contributed by atoms with Crippen molar-refractivity contribution in [1.82, 2.24) is 19.7 Å². The molecule has 1 aromatic heterocycles.